The number of aromatic nitrogens is 2. The lowest BCUT2D eigenvalue weighted by molar-refractivity contribution is 0.119. The van der Waals surface area contributed by atoms with Gasteiger partial charge < -0.3 is 20.1 Å². The van der Waals surface area contributed by atoms with Crippen molar-refractivity contribution < 1.29 is 9.47 Å². The lowest BCUT2D eigenvalue weighted by atomic mass is 10.2. The fourth-order valence-electron chi connectivity index (χ4n) is 2.76. The normalized spacial score (nSPS) is 11.1. The van der Waals surface area contributed by atoms with E-state index in [1.165, 1.54) is 11.3 Å². The molecule has 0 bridgehead atoms. The highest BCUT2D eigenvalue weighted by molar-refractivity contribution is 14.0. The Labute approximate surface area is 184 Å². The molecule has 0 aliphatic carbocycles. The van der Waals surface area contributed by atoms with Crippen LogP contribution in [-0.4, -0.2) is 43.0 Å². The summed E-state index contributed by atoms with van der Waals surface area (Å²) in [5.74, 6) is 1.64. The molecular weight excluding hydrogens is 469 g/mol. The lowest BCUT2D eigenvalue weighted by Gasteiger charge is -2.12. The van der Waals surface area contributed by atoms with Crippen LogP contribution >= 0.6 is 24.0 Å². The summed E-state index contributed by atoms with van der Waals surface area (Å²) in [4.78, 5) is 4.27. The van der Waals surface area contributed by atoms with Crippen molar-refractivity contribution in [3.05, 3.63) is 46.8 Å². The topological polar surface area (TPSA) is 72.7 Å². The van der Waals surface area contributed by atoms with E-state index in [-0.39, 0.29) is 24.0 Å². The molecule has 1 aromatic heterocycles. The monoisotopic (exact) mass is 501 g/mol. The Hall–Kier alpha value is -1.81. The minimum atomic E-state index is 0. The van der Waals surface area contributed by atoms with Crippen LogP contribution in [0.3, 0.4) is 0 Å². The maximum absolute atomic E-state index is 5.72. The standard InChI is InChI=1S/C20H31N5O2.HI/c1-15-19(16(2)25(4)24-15)13-23-20(21-3)22-11-6-12-27-14-17-7-9-18(26-5)10-8-17;/h7-10H,6,11-14H2,1-5H3,(H2,21,22,23);1H. The highest BCUT2D eigenvalue weighted by Crippen LogP contribution is 2.12. The first-order valence-corrected chi connectivity index (χ1v) is 9.19. The first kappa shape index (κ1) is 24.2. The summed E-state index contributed by atoms with van der Waals surface area (Å²) in [6, 6.07) is 7.93. The van der Waals surface area contributed by atoms with Gasteiger partial charge in [0.15, 0.2) is 5.96 Å². The van der Waals surface area contributed by atoms with Crippen LogP contribution in [0.15, 0.2) is 29.3 Å². The fourth-order valence-corrected chi connectivity index (χ4v) is 2.76. The van der Waals surface area contributed by atoms with E-state index in [0.717, 1.165) is 35.9 Å². The number of ether oxygens (including phenoxy) is 2. The molecule has 1 heterocycles. The van der Waals surface area contributed by atoms with Crippen molar-refractivity contribution in [3.8, 4) is 5.75 Å². The van der Waals surface area contributed by atoms with Gasteiger partial charge in [-0.1, -0.05) is 12.1 Å². The van der Waals surface area contributed by atoms with E-state index in [4.69, 9.17) is 9.47 Å². The van der Waals surface area contributed by atoms with Crippen LogP contribution in [0.5, 0.6) is 5.75 Å². The smallest absolute Gasteiger partial charge is 0.191 e. The molecule has 0 radical (unpaired) electrons. The summed E-state index contributed by atoms with van der Waals surface area (Å²) in [6.45, 7) is 6.91. The van der Waals surface area contributed by atoms with Gasteiger partial charge in [0, 0.05) is 45.0 Å². The number of hydrogen-bond donors (Lipinski definition) is 2. The average Bonchev–Trinajstić information content (AvgIpc) is 2.92. The molecule has 156 valence electrons. The Morgan fingerprint density at radius 3 is 2.46 bits per heavy atom. The van der Waals surface area contributed by atoms with Crippen molar-refractivity contribution in [3.63, 3.8) is 0 Å². The SMILES string of the molecule is CN=C(NCCCOCc1ccc(OC)cc1)NCc1c(C)nn(C)c1C.I. The molecule has 1 aromatic carbocycles. The zero-order chi connectivity index (χ0) is 19.6. The Balaban J connectivity index is 0.00000392. The summed E-state index contributed by atoms with van der Waals surface area (Å²) in [7, 11) is 5.41. The molecule has 0 unspecified atom stereocenters. The van der Waals surface area contributed by atoms with Gasteiger partial charge in [-0.15, -0.1) is 24.0 Å². The van der Waals surface area contributed by atoms with Crippen molar-refractivity contribution in [1.29, 1.82) is 0 Å². The molecule has 2 rings (SSSR count). The van der Waals surface area contributed by atoms with Crippen LogP contribution in [0.1, 0.15) is 28.9 Å². The molecule has 0 spiro atoms. The minimum absolute atomic E-state index is 0. The summed E-state index contributed by atoms with van der Waals surface area (Å²) in [6.07, 6.45) is 0.905. The van der Waals surface area contributed by atoms with Crippen molar-refractivity contribution in [2.75, 3.05) is 27.3 Å². The average molecular weight is 501 g/mol. The van der Waals surface area contributed by atoms with Crippen LogP contribution in [0.25, 0.3) is 0 Å². The molecule has 28 heavy (non-hydrogen) atoms. The summed E-state index contributed by atoms with van der Waals surface area (Å²) in [5.41, 5.74) is 4.57. The third-order valence-corrected chi connectivity index (χ3v) is 4.50. The number of halogens is 1. The number of rotatable bonds is 9. The Kier molecular flexibility index (Phi) is 10.9. The molecule has 0 fully saturated rings. The van der Waals surface area contributed by atoms with Crippen molar-refractivity contribution in [2.24, 2.45) is 12.0 Å². The van der Waals surface area contributed by atoms with Gasteiger partial charge in [0.1, 0.15) is 5.75 Å². The summed E-state index contributed by atoms with van der Waals surface area (Å²) in [5, 5.41) is 11.1. The molecule has 0 atom stereocenters. The maximum Gasteiger partial charge on any atom is 0.191 e. The van der Waals surface area contributed by atoms with E-state index in [0.29, 0.717) is 19.8 Å². The molecule has 2 N–H and O–H groups in total. The molecule has 0 aliphatic heterocycles. The third kappa shape index (κ3) is 7.31. The van der Waals surface area contributed by atoms with Gasteiger partial charge in [0.2, 0.25) is 0 Å². The van der Waals surface area contributed by atoms with E-state index in [9.17, 15) is 0 Å². The van der Waals surface area contributed by atoms with Crippen molar-refractivity contribution >= 4 is 29.9 Å². The van der Waals surface area contributed by atoms with E-state index in [1.807, 2.05) is 42.9 Å². The van der Waals surface area contributed by atoms with E-state index in [1.54, 1.807) is 14.2 Å². The highest BCUT2D eigenvalue weighted by atomic mass is 127. The number of aliphatic imine (C=N–C) groups is 1. The van der Waals surface area contributed by atoms with Crippen molar-refractivity contribution in [1.82, 2.24) is 20.4 Å². The first-order valence-electron chi connectivity index (χ1n) is 9.19. The maximum atomic E-state index is 5.72. The zero-order valence-electron chi connectivity index (χ0n) is 17.4. The minimum Gasteiger partial charge on any atom is -0.497 e. The Bertz CT molecular complexity index is 744. The second kappa shape index (κ2) is 12.6. The predicted molar refractivity (Wildman–Crippen MR) is 124 cm³/mol. The van der Waals surface area contributed by atoms with E-state index >= 15 is 0 Å². The number of nitrogens with zero attached hydrogens (tertiary/aromatic N) is 3. The van der Waals surface area contributed by atoms with Crippen LogP contribution in [0.4, 0.5) is 0 Å². The third-order valence-electron chi connectivity index (χ3n) is 4.50. The molecule has 0 saturated carbocycles. The van der Waals surface area contributed by atoms with Gasteiger partial charge >= 0.3 is 0 Å². The van der Waals surface area contributed by atoms with Gasteiger partial charge in [-0.3, -0.25) is 9.67 Å². The fraction of sp³-hybridized carbons (Fsp3) is 0.500. The van der Waals surface area contributed by atoms with Crippen LogP contribution < -0.4 is 15.4 Å². The highest BCUT2D eigenvalue weighted by Gasteiger charge is 2.09. The number of methoxy groups -OCH3 is 1. The summed E-state index contributed by atoms with van der Waals surface area (Å²) < 4.78 is 12.8. The number of benzene rings is 1. The van der Waals surface area contributed by atoms with Crippen LogP contribution in [0, 0.1) is 13.8 Å². The predicted octanol–water partition coefficient (Wildman–Crippen LogP) is 2.94. The molecule has 0 amide bonds. The number of nitrogens with one attached hydrogen (secondary N) is 2. The number of aryl methyl sites for hydroxylation is 2. The number of guanidine groups is 1. The molecule has 8 heteroatoms. The second-order valence-corrected chi connectivity index (χ2v) is 6.38. The van der Waals surface area contributed by atoms with Gasteiger partial charge in [-0.25, -0.2) is 0 Å². The van der Waals surface area contributed by atoms with E-state index in [2.05, 4.69) is 27.6 Å². The lowest BCUT2D eigenvalue weighted by Crippen LogP contribution is -2.37. The Morgan fingerprint density at radius 2 is 1.89 bits per heavy atom. The molecular formula is C20H32IN5O2. The van der Waals surface area contributed by atoms with Gasteiger partial charge in [-0.2, -0.15) is 5.10 Å². The van der Waals surface area contributed by atoms with Crippen LogP contribution in [0.2, 0.25) is 0 Å². The second-order valence-electron chi connectivity index (χ2n) is 6.38. The largest absolute Gasteiger partial charge is 0.497 e. The van der Waals surface area contributed by atoms with Crippen molar-refractivity contribution in [2.45, 2.75) is 33.4 Å². The zero-order valence-corrected chi connectivity index (χ0v) is 19.7. The quantitative estimate of drug-likeness (QED) is 0.239. The van der Waals surface area contributed by atoms with Gasteiger partial charge in [0.05, 0.1) is 19.4 Å². The Morgan fingerprint density at radius 1 is 1.18 bits per heavy atom. The molecule has 0 saturated heterocycles. The number of hydrogen-bond acceptors (Lipinski definition) is 4. The molecule has 2 aromatic rings. The van der Waals surface area contributed by atoms with E-state index < -0.39 is 0 Å². The summed E-state index contributed by atoms with van der Waals surface area (Å²) >= 11 is 0. The van der Waals surface area contributed by atoms with Gasteiger partial charge in [0.25, 0.3) is 0 Å². The molecule has 7 nitrogen and oxygen atoms in total. The first-order chi connectivity index (χ1) is 13.0. The van der Waals surface area contributed by atoms with Crippen LogP contribution in [-0.2, 0) is 24.9 Å². The molecule has 0 aliphatic rings. The van der Waals surface area contributed by atoms with Gasteiger partial charge in [-0.05, 0) is 38.0 Å².